The molecule has 0 amide bonds. The van der Waals surface area contributed by atoms with E-state index in [0.29, 0.717) is 11.5 Å². The molecule has 2 fully saturated rings. The average molecular weight is 227 g/mol. The predicted octanol–water partition coefficient (Wildman–Crippen LogP) is 1.66. The first-order chi connectivity index (χ1) is 5.20. The fraction of sp³-hybridized carbons (Fsp3) is 1.00. The summed E-state index contributed by atoms with van der Waals surface area (Å²) in [4.78, 5) is 2.41. The maximum Gasteiger partial charge on any atom is 0.00474 e. The fourth-order valence-corrected chi connectivity index (χ4v) is 2.67. The van der Waals surface area contributed by atoms with Crippen LogP contribution in [-0.2, 0) is 0 Å². The Kier molecular flexibility index (Phi) is 5.02. The molecular formula is C9H20Cl2N2. The first-order valence-corrected chi connectivity index (χ1v) is 4.64. The van der Waals surface area contributed by atoms with Crippen molar-refractivity contribution >= 4 is 24.8 Å². The Bertz CT molecular complexity index is 148. The molecule has 0 aromatic rings. The molecule has 4 heteroatoms. The van der Waals surface area contributed by atoms with Crippen molar-refractivity contribution in [3.05, 3.63) is 0 Å². The summed E-state index contributed by atoms with van der Waals surface area (Å²) in [6, 6.07) is 0.506. The van der Waals surface area contributed by atoms with Gasteiger partial charge in [-0.2, -0.15) is 0 Å². The molecule has 1 aliphatic carbocycles. The van der Waals surface area contributed by atoms with Crippen LogP contribution in [0.15, 0.2) is 0 Å². The molecule has 1 heterocycles. The van der Waals surface area contributed by atoms with E-state index in [9.17, 15) is 0 Å². The monoisotopic (exact) mass is 226 g/mol. The van der Waals surface area contributed by atoms with E-state index in [1.54, 1.807) is 0 Å². The zero-order valence-corrected chi connectivity index (χ0v) is 9.79. The van der Waals surface area contributed by atoms with Crippen LogP contribution >= 0.6 is 24.8 Å². The van der Waals surface area contributed by atoms with Gasteiger partial charge in [-0.25, -0.2) is 0 Å². The lowest BCUT2D eigenvalue weighted by atomic mass is 9.68. The summed E-state index contributed by atoms with van der Waals surface area (Å²) < 4.78 is 0. The SMILES string of the molecule is CN1CC2(CCC(N)CC2)C1.Cl.Cl. The molecule has 0 aromatic heterocycles. The Hall–Kier alpha value is 0.500. The highest BCUT2D eigenvalue weighted by molar-refractivity contribution is 5.85. The summed E-state index contributed by atoms with van der Waals surface area (Å²) in [7, 11) is 2.21. The van der Waals surface area contributed by atoms with Gasteiger partial charge in [-0.15, -0.1) is 24.8 Å². The largest absolute Gasteiger partial charge is 0.328 e. The van der Waals surface area contributed by atoms with E-state index < -0.39 is 0 Å². The van der Waals surface area contributed by atoms with Crippen LogP contribution in [0.3, 0.4) is 0 Å². The summed E-state index contributed by atoms with van der Waals surface area (Å²) in [5.41, 5.74) is 6.55. The number of halogens is 2. The lowest BCUT2D eigenvalue weighted by Gasteiger charge is -2.52. The number of hydrogen-bond donors (Lipinski definition) is 1. The van der Waals surface area contributed by atoms with E-state index in [0.717, 1.165) is 0 Å². The van der Waals surface area contributed by atoms with Gasteiger partial charge in [0.1, 0.15) is 0 Å². The van der Waals surface area contributed by atoms with Gasteiger partial charge in [0.15, 0.2) is 0 Å². The lowest BCUT2D eigenvalue weighted by Crippen LogP contribution is -2.56. The minimum Gasteiger partial charge on any atom is -0.328 e. The average Bonchev–Trinajstić information content (AvgIpc) is 1.92. The van der Waals surface area contributed by atoms with E-state index in [4.69, 9.17) is 5.73 Å². The molecule has 2 N–H and O–H groups in total. The van der Waals surface area contributed by atoms with Crippen LogP contribution in [0.1, 0.15) is 25.7 Å². The smallest absolute Gasteiger partial charge is 0.00474 e. The van der Waals surface area contributed by atoms with Gasteiger partial charge in [-0.05, 0) is 38.1 Å². The minimum absolute atomic E-state index is 0. The molecule has 0 aromatic carbocycles. The first-order valence-electron chi connectivity index (χ1n) is 4.64. The van der Waals surface area contributed by atoms with Gasteiger partial charge in [0, 0.05) is 19.1 Å². The van der Waals surface area contributed by atoms with Gasteiger partial charge in [-0.3, -0.25) is 0 Å². The van der Waals surface area contributed by atoms with Gasteiger partial charge in [0.25, 0.3) is 0 Å². The Morgan fingerprint density at radius 3 is 2.00 bits per heavy atom. The summed E-state index contributed by atoms with van der Waals surface area (Å²) in [5, 5.41) is 0. The maximum absolute atomic E-state index is 5.86. The van der Waals surface area contributed by atoms with E-state index >= 15 is 0 Å². The second kappa shape index (κ2) is 4.83. The molecule has 0 unspecified atom stereocenters. The van der Waals surface area contributed by atoms with Crippen molar-refractivity contribution in [2.45, 2.75) is 31.7 Å². The lowest BCUT2D eigenvalue weighted by molar-refractivity contribution is -0.0131. The minimum atomic E-state index is 0. The molecule has 2 rings (SSSR count). The van der Waals surface area contributed by atoms with E-state index in [-0.39, 0.29) is 24.8 Å². The normalized spacial score (nSPS) is 27.2. The van der Waals surface area contributed by atoms with Crippen molar-refractivity contribution in [1.82, 2.24) is 4.90 Å². The van der Waals surface area contributed by atoms with Gasteiger partial charge in [-0.1, -0.05) is 0 Å². The molecule has 2 nitrogen and oxygen atoms in total. The summed E-state index contributed by atoms with van der Waals surface area (Å²) >= 11 is 0. The molecule has 80 valence electrons. The molecule has 1 spiro atoms. The van der Waals surface area contributed by atoms with Crippen LogP contribution in [0.2, 0.25) is 0 Å². The van der Waals surface area contributed by atoms with E-state index in [2.05, 4.69) is 11.9 Å². The Morgan fingerprint density at radius 2 is 1.62 bits per heavy atom. The third-order valence-corrected chi connectivity index (χ3v) is 3.30. The van der Waals surface area contributed by atoms with Crippen molar-refractivity contribution in [2.24, 2.45) is 11.1 Å². The van der Waals surface area contributed by atoms with Crippen LogP contribution in [0, 0.1) is 5.41 Å². The van der Waals surface area contributed by atoms with E-state index in [1.165, 1.54) is 38.8 Å². The molecule has 0 radical (unpaired) electrons. The Morgan fingerprint density at radius 1 is 1.15 bits per heavy atom. The van der Waals surface area contributed by atoms with Crippen molar-refractivity contribution in [1.29, 1.82) is 0 Å². The second-order valence-electron chi connectivity index (χ2n) is 4.51. The first kappa shape index (κ1) is 13.5. The molecule has 1 saturated carbocycles. The summed E-state index contributed by atoms with van der Waals surface area (Å²) in [5.74, 6) is 0. The Balaban J connectivity index is 0.000000720. The molecular weight excluding hydrogens is 207 g/mol. The highest BCUT2D eigenvalue weighted by Gasteiger charge is 2.42. The summed E-state index contributed by atoms with van der Waals surface area (Å²) in [6.07, 6.45) is 5.26. The van der Waals surface area contributed by atoms with Gasteiger partial charge in [0.05, 0.1) is 0 Å². The van der Waals surface area contributed by atoms with Crippen LogP contribution in [0.25, 0.3) is 0 Å². The molecule has 0 bridgehead atoms. The van der Waals surface area contributed by atoms with Crippen molar-refractivity contribution in [3.8, 4) is 0 Å². The topological polar surface area (TPSA) is 29.3 Å². The maximum atomic E-state index is 5.86. The number of nitrogens with two attached hydrogens (primary N) is 1. The molecule has 0 atom stereocenters. The second-order valence-corrected chi connectivity index (χ2v) is 4.51. The third kappa shape index (κ3) is 2.72. The molecule has 1 aliphatic heterocycles. The predicted molar refractivity (Wildman–Crippen MR) is 60.9 cm³/mol. The number of hydrogen-bond acceptors (Lipinski definition) is 2. The number of rotatable bonds is 0. The van der Waals surface area contributed by atoms with Crippen LogP contribution < -0.4 is 5.73 Å². The zero-order valence-electron chi connectivity index (χ0n) is 8.16. The highest BCUT2D eigenvalue weighted by Crippen LogP contribution is 2.42. The Labute approximate surface area is 93.1 Å². The highest BCUT2D eigenvalue weighted by atomic mass is 35.5. The molecule has 2 aliphatic rings. The number of nitrogens with zero attached hydrogens (tertiary/aromatic N) is 1. The summed E-state index contributed by atoms with van der Waals surface area (Å²) in [6.45, 7) is 2.64. The van der Waals surface area contributed by atoms with Crippen molar-refractivity contribution in [2.75, 3.05) is 20.1 Å². The van der Waals surface area contributed by atoms with Gasteiger partial charge < -0.3 is 10.6 Å². The standard InChI is InChI=1S/C9H18N2.2ClH/c1-11-6-9(7-11)4-2-8(10)3-5-9;;/h8H,2-7,10H2,1H3;2*1H. The van der Waals surface area contributed by atoms with Crippen LogP contribution in [0.5, 0.6) is 0 Å². The molecule has 13 heavy (non-hydrogen) atoms. The van der Waals surface area contributed by atoms with Crippen LogP contribution in [-0.4, -0.2) is 31.1 Å². The molecule has 1 saturated heterocycles. The third-order valence-electron chi connectivity index (χ3n) is 3.30. The van der Waals surface area contributed by atoms with Crippen molar-refractivity contribution in [3.63, 3.8) is 0 Å². The quantitative estimate of drug-likeness (QED) is 0.682. The van der Waals surface area contributed by atoms with Gasteiger partial charge in [0.2, 0.25) is 0 Å². The van der Waals surface area contributed by atoms with Gasteiger partial charge >= 0.3 is 0 Å². The number of likely N-dealkylation sites (tertiary alicyclic amines) is 1. The van der Waals surface area contributed by atoms with Crippen molar-refractivity contribution < 1.29 is 0 Å². The van der Waals surface area contributed by atoms with Crippen LogP contribution in [0.4, 0.5) is 0 Å². The van der Waals surface area contributed by atoms with E-state index in [1.807, 2.05) is 0 Å². The zero-order chi connectivity index (χ0) is 7.90. The fourth-order valence-electron chi connectivity index (χ4n) is 2.67.